The number of anilines is 1. The largest absolute Gasteiger partial charge is 0.377 e. The number of aromatic nitrogens is 1. The smallest absolute Gasteiger partial charge is 0.187 e. The molecule has 2 bridgehead atoms. The number of hydrogen-bond acceptors (Lipinski definition) is 6. The zero-order chi connectivity index (χ0) is 24.9. The van der Waals surface area contributed by atoms with Gasteiger partial charge in [0.1, 0.15) is 0 Å². The van der Waals surface area contributed by atoms with Crippen molar-refractivity contribution in [1.29, 1.82) is 0 Å². The highest BCUT2D eigenvalue weighted by Gasteiger charge is 2.40. The molecule has 4 aliphatic rings. The summed E-state index contributed by atoms with van der Waals surface area (Å²) in [5.41, 5.74) is 4.41. The molecule has 3 heterocycles. The van der Waals surface area contributed by atoms with Crippen molar-refractivity contribution in [3.05, 3.63) is 62.9 Å². The summed E-state index contributed by atoms with van der Waals surface area (Å²) in [7, 11) is -3.27. The van der Waals surface area contributed by atoms with Gasteiger partial charge in [0, 0.05) is 15.5 Å². The molecule has 3 atom stereocenters. The third-order valence-corrected chi connectivity index (χ3v) is 11.3. The lowest BCUT2D eigenvalue weighted by Gasteiger charge is -2.34. The number of thiazole rings is 1. The Hall–Kier alpha value is -1.93. The van der Waals surface area contributed by atoms with E-state index in [0.29, 0.717) is 34.9 Å². The average molecular weight is 543 g/mol. The van der Waals surface area contributed by atoms with Gasteiger partial charge in [-0.15, -0.1) is 0 Å². The van der Waals surface area contributed by atoms with Crippen molar-refractivity contribution < 1.29 is 13.2 Å². The third-order valence-electron chi connectivity index (χ3n) is 7.90. The molecule has 2 saturated heterocycles. The van der Waals surface area contributed by atoms with Gasteiger partial charge in [-0.1, -0.05) is 59.7 Å². The van der Waals surface area contributed by atoms with Gasteiger partial charge >= 0.3 is 0 Å². The van der Waals surface area contributed by atoms with Crippen LogP contribution in [0.25, 0.3) is 16.8 Å². The van der Waals surface area contributed by atoms with Gasteiger partial charge in [0.15, 0.2) is 15.0 Å². The molecule has 1 aromatic carbocycles. The van der Waals surface area contributed by atoms with Crippen LogP contribution in [0.15, 0.2) is 53.0 Å². The van der Waals surface area contributed by atoms with Crippen LogP contribution in [0.2, 0.25) is 5.02 Å². The molecule has 2 aliphatic carbocycles. The van der Waals surface area contributed by atoms with Gasteiger partial charge in [0.05, 0.1) is 41.6 Å². The molecular formula is C28H31ClN2O3S2. The van der Waals surface area contributed by atoms with E-state index in [0.717, 1.165) is 65.7 Å². The molecule has 36 heavy (non-hydrogen) atoms. The number of benzene rings is 1. The Morgan fingerprint density at radius 1 is 1.14 bits per heavy atom. The SMILES string of the molecule is CC1CC(c2sc(N3C4CCC3COC4)nc2-c2ccc(Cl)cc2)=CC=C1S(=O)(=O)CCC1=CCC1. The van der Waals surface area contributed by atoms with E-state index in [1.807, 2.05) is 43.3 Å². The number of allylic oxidation sites excluding steroid dienone is 6. The molecule has 8 heteroatoms. The summed E-state index contributed by atoms with van der Waals surface area (Å²) < 4.78 is 32.1. The first-order chi connectivity index (χ1) is 17.4. The van der Waals surface area contributed by atoms with Crippen LogP contribution in [-0.4, -0.2) is 44.5 Å². The van der Waals surface area contributed by atoms with Crippen molar-refractivity contribution in [1.82, 2.24) is 4.98 Å². The summed E-state index contributed by atoms with van der Waals surface area (Å²) in [6.45, 7) is 3.54. The van der Waals surface area contributed by atoms with Crippen molar-refractivity contribution in [3.8, 4) is 11.3 Å². The number of rotatable bonds is 7. The van der Waals surface area contributed by atoms with E-state index in [2.05, 4.69) is 11.0 Å². The van der Waals surface area contributed by atoms with Crippen LogP contribution in [0, 0.1) is 5.92 Å². The Bertz CT molecular complexity index is 1340. The fraction of sp³-hybridized carbons (Fsp3) is 0.464. The Morgan fingerprint density at radius 3 is 2.50 bits per heavy atom. The number of sulfone groups is 1. The Balaban J connectivity index is 1.36. The molecule has 190 valence electrons. The van der Waals surface area contributed by atoms with Crippen molar-refractivity contribution in [2.45, 2.75) is 57.5 Å². The lowest BCUT2D eigenvalue weighted by Crippen LogP contribution is -2.45. The van der Waals surface area contributed by atoms with E-state index >= 15 is 0 Å². The second-order valence-electron chi connectivity index (χ2n) is 10.3. The van der Waals surface area contributed by atoms with Gasteiger partial charge in [-0.25, -0.2) is 13.4 Å². The van der Waals surface area contributed by atoms with Crippen LogP contribution in [-0.2, 0) is 14.6 Å². The standard InChI is InChI=1S/C28H31ClN2O3S2/c1-18-15-21(7-12-25(18)36(32,33)14-13-19-3-2-4-19)27-26(20-5-8-22(29)9-6-20)30-28(35-27)31-23-10-11-24(31)17-34-16-23/h3,5-9,12,18,23-24H,2,4,10-11,13-17H2,1H3. The Kier molecular flexibility index (Phi) is 6.61. The highest BCUT2D eigenvalue weighted by atomic mass is 35.5. The minimum absolute atomic E-state index is 0.0615. The second-order valence-corrected chi connectivity index (χ2v) is 13.9. The van der Waals surface area contributed by atoms with Crippen LogP contribution < -0.4 is 4.90 Å². The summed E-state index contributed by atoms with van der Waals surface area (Å²) in [5, 5.41) is 1.73. The van der Waals surface area contributed by atoms with Crippen molar-refractivity contribution in [3.63, 3.8) is 0 Å². The maximum absolute atomic E-state index is 13.1. The Morgan fingerprint density at radius 2 is 1.86 bits per heavy atom. The van der Waals surface area contributed by atoms with Crippen LogP contribution in [0.4, 0.5) is 5.13 Å². The Labute approximate surface area is 222 Å². The number of fused-ring (bicyclic) bond motifs is 2. The molecular weight excluding hydrogens is 512 g/mol. The minimum atomic E-state index is -3.27. The molecule has 0 saturated carbocycles. The topological polar surface area (TPSA) is 59.5 Å². The van der Waals surface area contributed by atoms with Gasteiger partial charge in [-0.2, -0.15) is 0 Å². The van der Waals surface area contributed by atoms with E-state index in [1.54, 1.807) is 11.3 Å². The first-order valence-electron chi connectivity index (χ1n) is 12.8. The molecule has 2 aromatic rings. The number of hydrogen-bond donors (Lipinski definition) is 0. The molecule has 0 radical (unpaired) electrons. The first kappa shape index (κ1) is 24.4. The second kappa shape index (κ2) is 9.75. The van der Waals surface area contributed by atoms with Gasteiger partial charge in [-0.3, -0.25) is 0 Å². The van der Waals surface area contributed by atoms with E-state index in [9.17, 15) is 8.42 Å². The van der Waals surface area contributed by atoms with E-state index < -0.39 is 9.84 Å². The molecule has 5 nitrogen and oxygen atoms in total. The summed E-state index contributed by atoms with van der Waals surface area (Å²) in [5.74, 6) is 0.146. The van der Waals surface area contributed by atoms with E-state index in [4.69, 9.17) is 21.3 Å². The zero-order valence-electron chi connectivity index (χ0n) is 20.5. The van der Waals surface area contributed by atoms with E-state index in [-0.39, 0.29) is 11.7 Å². The highest BCUT2D eigenvalue weighted by molar-refractivity contribution is 7.95. The predicted molar refractivity (Wildman–Crippen MR) is 148 cm³/mol. The lowest BCUT2D eigenvalue weighted by molar-refractivity contribution is 0.0906. The summed E-state index contributed by atoms with van der Waals surface area (Å²) >= 11 is 7.90. The quantitative estimate of drug-likeness (QED) is 0.366. The fourth-order valence-electron chi connectivity index (χ4n) is 5.76. The third kappa shape index (κ3) is 4.60. The van der Waals surface area contributed by atoms with Crippen molar-refractivity contribution in [2.24, 2.45) is 5.92 Å². The maximum Gasteiger partial charge on any atom is 0.187 e. The maximum atomic E-state index is 13.1. The lowest BCUT2D eigenvalue weighted by atomic mass is 9.93. The first-order valence-corrected chi connectivity index (χ1v) is 15.7. The monoisotopic (exact) mass is 542 g/mol. The number of nitrogens with zero attached hydrogens (tertiary/aromatic N) is 2. The zero-order valence-corrected chi connectivity index (χ0v) is 22.8. The molecule has 2 aliphatic heterocycles. The van der Waals surface area contributed by atoms with Gasteiger partial charge in [0.2, 0.25) is 0 Å². The summed E-state index contributed by atoms with van der Waals surface area (Å²) in [6.07, 6.45) is 11.8. The normalized spacial score (nSPS) is 25.8. The summed E-state index contributed by atoms with van der Waals surface area (Å²) in [4.78, 5) is 9.32. The number of morpholine rings is 1. The van der Waals surface area contributed by atoms with Crippen molar-refractivity contribution >= 4 is 43.5 Å². The van der Waals surface area contributed by atoms with Crippen molar-refractivity contribution in [2.75, 3.05) is 23.9 Å². The van der Waals surface area contributed by atoms with Gasteiger partial charge in [0.25, 0.3) is 0 Å². The molecule has 0 amide bonds. The van der Waals surface area contributed by atoms with Gasteiger partial charge in [-0.05, 0) is 68.2 Å². The molecule has 3 unspecified atom stereocenters. The number of ether oxygens (including phenoxy) is 1. The fourth-order valence-corrected chi connectivity index (χ4v) is 8.89. The van der Waals surface area contributed by atoms with Crippen LogP contribution in [0.3, 0.4) is 0 Å². The van der Waals surface area contributed by atoms with Gasteiger partial charge < -0.3 is 9.64 Å². The molecule has 0 N–H and O–H groups in total. The van der Waals surface area contributed by atoms with Crippen LogP contribution >= 0.6 is 22.9 Å². The minimum Gasteiger partial charge on any atom is -0.377 e. The van der Waals surface area contributed by atoms with Crippen LogP contribution in [0.1, 0.15) is 50.3 Å². The molecule has 1 aromatic heterocycles. The predicted octanol–water partition coefficient (Wildman–Crippen LogP) is 6.66. The average Bonchev–Trinajstić information content (AvgIpc) is 3.36. The summed E-state index contributed by atoms with van der Waals surface area (Å²) in [6, 6.07) is 8.60. The molecule has 6 rings (SSSR count). The molecule has 0 spiro atoms. The highest BCUT2D eigenvalue weighted by Crippen LogP contribution is 2.45. The molecule has 2 fully saturated rings. The van der Waals surface area contributed by atoms with Crippen LogP contribution in [0.5, 0.6) is 0 Å². The number of halogens is 1. The van der Waals surface area contributed by atoms with E-state index in [1.165, 1.54) is 5.57 Å².